The summed E-state index contributed by atoms with van der Waals surface area (Å²) in [6, 6.07) is 0.255. The van der Waals surface area contributed by atoms with Crippen molar-refractivity contribution in [1.29, 1.82) is 0 Å². The molecular weight excluding hydrogens is 204 g/mol. The van der Waals surface area contributed by atoms with Crippen molar-refractivity contribution < 1.29 is 9.90 Å². The van der Waals surface area contributed by atoms with Crippen LogP contribution in [0, 0.1) is 5.92 Å². The molecule has 1 amide bonds. The number of likely N-dealkylation sites (N-methyl/N-ethyl adjacent to an activating group) is 1. The third-order valence-corrected chi connectivity index (χ3v) is 3.39. The molecule has 4 heteroatoms. The van der Waals surface area contributed by atoms with Gasteiger partial charge in [0.1, 0.15) is 0 Å². The number of aliphatic hydroxyl groups excluding tert-OH is 1. The van der Waals surface area contributed by atoms with Crippen LogP contribution in [0.4, 0.5) is 0 Å². The third-order valence-electron chi connectivity index (χ3n) is 3.39. The zero-order valence-electron chi connectivity index (χ0n) is 10.6. The van der Waals surface area contributed by atoms with Crippen LogP contribution in [0.5, 0.6) is 0 Å². The van der Waals surface area contributed by atoms with Gasteiger partial charge in [-0.2, -0.15) is 0 Å². The lowest BCUT2D eigenvalue weighted by Crippen LogP contribution is -2.45. The molecule has 1 N–H and O–H groups in total. The fourth-order valence-electron chi connectivity index (χ4n) is 2.03. The number of aliphatic hydroxyl groups is 1. The first-order chi connectivity index (χ1) is 7.54. The molecule has 0 aromatic rings. The number of likely N-dealkylation sites (tertiary alicyclic amines) is 1. The Labute approximate surface area is 98.2 Å². The van der Waals surface area contributed by atoms with Crippen LogP contribution in [-0.4, -0.2) is 60.1 Å². The highest BCUT2D eigenvalue weighted by Gasteiger charge is 2.22. The fourth-order valence-corrected chi connectivity index (χ4v) is 2.03. The topological polar surface area (TPSA) is 43.8 Å². The van der Waals surface area contributed by atoms with E-state index in [0.29, 0.717) is 12.5 Å². The average Bonchev–Trinajstić information content (AvgIpc) is 2.28. The molecule has 1 heterocycles. The van der Waals surface area contributed by atoms with E-state index < -0.39 is 0 Å². The van der Waals surface area contributed by atoms with E-state index in [1.165, 1.54) is 0 Å². The second-order valence-electron chi connectivity index (χ2n) is 5.02. The Kier molecular flexibility index (Phi) is 5.22. The molecule has 94 valence electrons. The molecule has 0 aromatic carbocycles. The SMILES string of the molecule is CC(C)N(C)C(=O)CN1CCCC(CO)C1. The molecular formula is C12H24N2O2. The maximum absolute atomic E-state index is 11.9. The predicted octanol–water partition coefficient (Wildman–Crippen LogP) is 0.557. The van der Waals surface area contributed by atoms with Crippen LogP contribution >= 0.6 is 0 Å². The van der Waals surface area contributed by atoms with Crippen LogP contribution < -0.4 is 0 Å². The summed E-state index contributed by atoms with van der Waals surface area (Å²) in [6.45, 7) is 6.60. The van der Waals surface area contributed by atoms with E-state index >= 15 is 0 Å². The Hall–Kier alpha value is -0.610. The van der Waals surface area contributed by atoms with E-state index in [0.717, 1.165) is 25.9 Å². The summed E-state index contributed by atoms with van der Waals surface area (Å²) in [5, 5.41) is 9.12. The van der Waals surface area contributed by atoms with Gasteiger partial charge in [-0.05, 0) is 39.2 Å². The summed E-state index contributed by atoms with van der Waals surface area (Å²) >= 11 is 0. The number of hydrogen-bond donors (Lipinski definition) is 1. The van der Waals surface area contributed by atoms with Gasteiger partial charge >= 0.3 is 0 Å². The summed E-state index contributed by atoms with van der Waals surface area (Å²) in [7, 11) is 1.85. The van der Waals surface area contributed by atoms with E-state index in [2.05, 4.69) is 4.90 Å². The summed E-state index contributed by atoms with van der Waals surface area (Å²) < 4.78 is 0. The van der Waals surface area contributed by atoms with Crippen molar-refractivity contribution in [1.82, 2.24) is 9.80 Å². The lowest BCUT2D eigenvalue weighted by molar-refractivity contribution is -0.133. The lowest BCUT2D eigenvalue weighted by Gasteiger charge is -2.33. The van der Waals surface area contributed by atoms with Gasteiger partial charge in [0, 0.05) is 26.2 Å². The quantitative estimate of drug-likeness (QED) is 0.764. The van der Waals surface area contributed by atoms with Crippen LogP contribution in [0.2, 0.25) is 0 Å². The standard InChI is InChI=1S/C12H24N2O2/c1-10(2)13(3)12(16)8-14-6-4-5-11(7-14)9-15/h10-11,15H,4-9H2,1-3H3. The zero-order chi connectivity index (χ0) is 12.1. The van der Waals surface area contributed by atoms with E-state index in [-0.39, 0.29) is 18.6 Å². The lowest BCUT2D eigenvalue weighted by atomic mass is 9.99. The minimum Gasteiger partial charge on any atom is -0.396 e. The van der Waals surface area contributed by atoms with Crippen LogP contribution in [0.3, 0.4) is 0 Å². The molecule has 0 radical (unpaired) electrons. The van der Waals surface area contributed by atoms with Crippen LogP contribution in [0.25, 0.3) is 0 Å². The molecule has 1 rings (SSSR count). The van der Waals surface area contributed by atoms with Crippen LogP contribution in [0.1, 0.15) is 26.7 Å². The van der Waals surface area contributed by atoms with Gasteiger partial charge in [-0.15, -0.1) is 0 Å². The predicted molar refractivity (Wildman–Crippen MR) is 64.2 cm³/mol. The van der Waals surface area contributed by atoms with Crippen molar-refractivity contribution in [2.75, 3.05) is 33.3 Å². The molecule has 1 aliphatic heterocycles. The first kappa shape index (κ1) is 13.5. The van der Waals surface area contributed by atoms with E-state index in [9.17, 15) is 4.79 Å². The fraction of sp³-hybridized carbons (Fsp3) is 0.917. The summed E-state index contributed by atoms with van der Waals surface area (Å²) in [5.74, 6) is 0.527. The highest BCUT2D eigenvalue weighted by molar-refractivity contribution is 5.78. The van der Waals surface area contributed by atoms with Crippen molar-refractivity contribution in [3.8, 4) is 0 Å². The molecule has 0 aromatic heterocycles. The van der Waals surface area contributed by atoms with Gasteiger partial charge < -0.3 is 10.0 Å². The summed E-state index contributed by atoms with van der Waals surface area (Å²) in [5.41, 5.74) is 0. The molecule has 0 spiro atoms. The number of carbonyl (C=O) groups excluding carboxylic acids is 1. The van der Waals surface area contributed by atoms with Gasteiger partial charge in [0.15, 0.2) is 0 Å². The smallest absolute Gasteiger partial charge is 0.236 e. The molecule has 0 bridgehead atoms. The monoisotopic (exact) mass is 228 g/mol. The number of amides is 1. The second-order valence-corrected chi connectivity index (χ2v) is 5.02. The van der Waals surface area contributed by atoms with Gasteiger partial charge in [0.05, 0.1) is 6.54 Å². The molecule has 1 saturated heterocycles. The van der Waals surface area contributed by atoms with Gasteiger partial charge in [0.2, 0.25) is 5.91 Å². The Balaban J connectivity index is 2.38. The number of carbonyl (C=O) groups is 1. The highest BCUT2D eigenvalue weighted by Crippen LogP contribution is 2.15. The normalized spacial score (nSPS) is 22.4. The Morgan fingerprint density at radius 2 is 2.25 bits per heavy atom. The van der Waals surface area contributed by atoms with Crippen molar-refractivity contribution in [3.05, 3.63) is 0 Å². The first-order valence-electron chi connectivity index (χ1n) is 6.13. The number of rotatable bonds is 4. The Morgan fingerprint density at radius 1 is 1.56 bits per heavy atom. The van der Waals surface area contributed by atoms with Gasteiger partial charge in [0.25, 0.3) is 0 Å². The van der Waals surface area contributed by atoms with E-state index in [4.69, 9.17) is 5.11 Å². The van der Waals surface area contributed by atoms with Gasteiger partial charge in [-0.1, -0.05) is 0 Å². The van der Waals surface area contributed by atoms with Crippen molar-refractivity contribution >= 4 is 5.91 Å². The summed E-state index contributed by atoms with van der Waals surface area (Å²) in [6.07, 6.45) is 2.17. The molecule has 4 nitrogen and oxygen atoms in total. The zero-order valence-corrected chi connectivity index (χ0v) is 10.6. The number of hydrogen-bond acceptors (Lipinski definition) is 3. The largest absolute Gasteiger partial charge is 0.396 e. The second kappa shape index (κ2) is 6.21. The van der Waals surface area contributed by atoms with E-state index in [1.54, 1.807) is 4.90 Å². The molecule has 0 aliphatic carbocycles. The number of nitrogens with zero attached hydrogens (tertiary/aromatic N) is 2. The Bertz CT molecular complexity index is 231. The van der Waals surface area contributed by atoms with Crippen LogP contribution in [-0.2, 0) is 4.79 Å². The van der Waals surface area contributed by atoms with Gasteiger partial charge in [-0.25, -0.2) is 0 Å². The minimum absolute atomic E-state index is 0.175. The average molecular weight is 228 g/mol. The minimum atomic E-state index is 0.175. The number of piperidine rings is 1. The highest BCUT2D eigenvalue weighted by atomic mass is 16.3. The third kappa shape index (κ3) is 3.76. The molecule has 0 saturated carbocycles. The maximum atomic E-state index is 11.9. The van der Waals surface area contributed by atoms with E-state index in [1.807, 2.05) is 20.9 Å². The first-order valence-corrected chi connectivity index (χ1v) is 6.13. The van der Waals surface area contributed by atoms with Crippen molar-refractivity contribution in [3.63, 3.8) is 0 Å². The molecule has 1 atom stereocenters. The maximum Gasteiger partial charge on any atom is 0.236 e. The molecule has 1 unspecified atom stereocenters. The van der Waals surface area contributed by atoms with Crippen molar-refractivity contribution in [2.45, 2.75) is 32.7 Å². The molecule has 1 fully saturated rings. The van der Waals surface area contributed by atoms with Crippen LogP contribution in [0.15, 0.2) is 0 Å². The Morgan fingerprint density at radius 3 is 2.81 bits per heavy atom. The molecule has 1 aliphatic rings. The van der Waals surface area contributed by atoms with Crippen molar-refractivity contribution in [2.24, 2.45) is 5.92 Å². The van der Waals surface area contributed by atoms with Gasteiger partial charge in [-0.3, -0.25) is 9.69 Å². The summed E-state index contributed by atoms with van der Waals surface area (Å²) in [4.78, 5) is 15.8. The molecule has 16 heavy (non-hydrogen) atoms.